The SMILES string of the molecule is Clc1cnc(NC2CC2c2ccccc2)nc1. The number of nitrogens with zero attached hydrogens (tertiary/aromatic N) is 2. The van der Waals surface area contributed by atoms with Crippen molar-refractivity contribution in [2.45, 2.75) is 18.4 Å². The molecule has 2 unspecified atom stereocenters. The van der Waals surface area contributed by atoms with Crippen molar-refractivity contribution < 1.29 is 0 Å². The van der Waals surface area contributed by atoms with Crippen molar-refractivity contribution in [3.8, 4) is 0 Å². The van der Waals surface area contributed by atoms with Crippen LogP contribution in [0.5, 0.6) is 0 Å². The van der Waals surface area contributed by atoms with Gasteiger partial charge in [-0.2, -0.15) is 0 Å². The van der Waals surface area contributed by atoms with Crippen molar-refractivity contribution in [3.05, 3.63) is 53.3 Å². The molecule has 1 aliphatic rings. The molecule has 2 aromatic rings. The molecule has 0 saturated heterocycles. The molecule has 2 atom stereocenters. The van der Waals surface area contributed by atoms with Crippen molar-refractivity contribution in [1.82, 2.24) is 9.97 Å². The summed E-state index contributed by atoms with van der Waals surface area (Å²) >= 11 is 5.74. The van der Waals surface area contributed by atoms with Gasteiger partial charge >= 0.3 is 0 Å². The number of aromatic nitrogens is 2. The van der Waals surface area contributed by atoms with E-state index < -0.39 is 0 Å². The second-order valence-corrected chi connectivity index (χ2v) is 4.67. The number of rotatable bonds is 3. The van der Waals surface area contributed by atoms with E-state index in [1.807, 2.05) is 6.07 Å². The number of halogens is 1. The summed E-state index contributed by atoms with van der Waals surface area (Å²) in [6.07, 6.45) is 4.35. The summed E-state index contributed by atoms with van der Waals surface area (Å²) in [5, 5.41) is 3.87. The first-order valence-electron chi connectivity index (χ1n) is 5.62. The van der Waals surface area contributed by atoms with Crippen molar-refractivity contribution >= 4 is 17.5 Å². The van der Waals surface area contributed by atoms with Gasteiger partial charge in [-0.15, -0.1) is 0 Å². The summed E-state index contributed by atoms with van der Waals surface area (Å²) in [6.45, 7) is 0. The number of hydrogen-bond acceptors (Lipinski definition) is 3. The molecule has 0 radical (unpaired) electrons. The van der Waals surface area contributed by atoms with Crippen LogP contribution in [0.15, 0.2) is 42.7 Å². The highest BCUT2D eigenvalue weighted by Gasteiger charge is 2.38. The molecule has 1 aromatic carbocycles. The van der Waals surface area contributed by atoms with E-state index in [-0.39, 0.29) is 0 Å². The van der Waals surface area contributed by atoms with Gasteiger partial charge in [0.15, 0.2) is 0 Å². The predicted molar refractivity (Wildman–Crippen MR) is 68.3 cm³/mol. The van der Waals surface area contributed by atoms with Gasteiger partial charge in [-0.3, -0.25) is 0 Å². The molecular weight excluding hydrogens is 234 g/mol. The van der Waals surface area contributed by atoms with Crippen molar-refractivity contribution in [3.63, 3.8) is 0 Å². The third-order valence-electron chi connectivity index (χ3n) is 2.95. The third-order valence-corrected chi connectivity index (χ3v) is 3.15. The molecule has 0 spiro atoms. The van der Waals surface area contributed by atoms with Crippen LogP contribution in [-0.4, -0.2) is 16.0 Å². The zero-order valence-electron chi connectivity index (χ0n) is 9.18. The van der Waals surface area contributed by atoms with Crippen LogP contribution in [-0.2, 0) is 0 Å². The highest BCUT2D eigenvalue weighted by atomic mass is 35.5. The van der Waals surface area contributed by atoms with E-state index in [0.717, 1.165) is 6.42 Å². The molecule has 0 bridgehead atoms. The van der Waals surface area contributed by atoms with Gasteiger partial charge in [0, 0.05) is 12.0 Å². The average Bonchev–Trinajstić information content (AvgIpc) is 3.13. The summed E-state index contributed by atoms with van der Waals surface area (Å²) in [5.74, 6) is 1.23. The van der Waals surface area contributed by atoms with Gasteiger partial charge in [0.25, 0.3) is 0 Å². The molecule has 0 aliphatic heterocycles. The summed E-state index contributed by atoms with van der Waals surface area (Å²) in [7, 11) is 0. The van der Waals surface area contributed by atoms with Gasteiger partial charge < -0.3 is 5.32 Å². The van der Waals surface area contributed by atoms with Crippen molar-refractivity contribution in [1.29, 1.82) is 0 Å². The molecule has 1 saturated carbocycles. The predicted octanol–water partition coefficient (Wildman–Crippen LogP) is 3.10. The number of benzene rings is 1. The standard InChI is InChI=1S/C13H12ClN3/c14-10-7-15-13(16-8-10)17-12-6-11(12)9-4-2-1-3-5-9/h1-5,7-8,11-12H,6H2,(H,15,16,17). The molecule has 3 rings (SSSR count). The van der Waals surface area contributed by atoms with Crippen molar-refractivity contribution in [2.24, 2.45) is 0 Å². The molecule has 86 valence electrons. The van der Waals surface area contributed by atoms with Crippen molar-refractivity contribution in [2.75, 3.05) is 5.32 Å². The first-order chi connectivity index (χ1) is 8.33. The van der Waals surface area contributed by atoms with E-state index in [2.05, 4.69) is 39.6 Å². The van der Waals surface area contributed by atoms with Crippen LogP contribution in [0.3, 0.4) is 0 Å². The topological polar surface area (TPSA) is 37.8 Å². The van der Waals surface area contributed by atoms with Gasteiger partial charge in [-0.25, -0.2) is 9.97 Å². The Morgan fingerprint density at radius 3 is 2.53 bits per heavy atom. The van der Waals surface area contributed by atoms with Crippen LogP contribution >= 0.6 is 11.6 Å². The molecule has 1 N–H and O–H groups in total. The number of hydrogen-bond donors (Lipinski definition) is 1. The average molecular weight is 246 g/mol. The smallest absolute Gasteiger partial charge is 0.222 e. The van der Waals surface area contributed by atoms with Crippen LogP contribution < -0.4 is 5.32 Å². The lowest BCUT2D eigenvalue weighted by Crippen LogP contribution is -2.07. The van der Waals surface area contributed by atoms with Gasteiger partial charge in [-0.1, -0.05) is 41.9 Å². The van der Waals surface area contributed by atoms with E-state index in [0.29, 0.717) is 22.9 Å². The second kappa shape index (κ2) is 4.34. The zero-order chi connectivity index (χ0) is 11.7. The molecule has 1 aliphatic carbocycles. The summed E-state index contributed by atoms with van der Waals surface area (Å²) in [4.78, 5) is 8.26. The summed E-state index contributed by atoms with van der Waals surface area (Å²) in [6, 6.07) is 11.0. The lowest BCUT2D eigenvalue weighted by atomic mass is 10.1. The quantitative estimate of drug-likeness (QED) is 0.903. The fraction of sp³-hybridized carbons (Fsp3) is 0.231. The van der Waals surface area contributed by atoms with E-state index in [4.69, 9.17) is 11.6 Å². The lowest BCUT2D eigenvalue weighted by molar-refractivity contribution is 1.00. The minimum atomic E-state index is 0.443. The second-order valence-electron chi connectivity index (χ2n) is 4.23. The molecular formula is C13H12ClN3. The van der Waals surface area contributed by atoms with Crippen LogP contribution in [0.1, 0.15) is 17.9 Å². The Labute approximate surface area is 105 Å². The van der Waals surface area contributed by atoms with Crippen LogP contribution in [0.2, 0.25) is 5.02 Å². The minimum absolute atomic E-state index is 0.443. The Hall–Kier alpha value is -1.61. The molecule has 3 nitrogen and oxygen atoms in total. The largest absolute Gasteiger partial charge is 0.351 e. The molecule has 1 aromatic heterocycles. The van der Waals surface area contributed by atoms with Gasteiger partial charge in [0.2, 0.25) is 5.95 Å². The van der Waals surface area contributed by atoms with E-state index in [9.17, 15) is 0 Å². The van der Waals surface area contributed by atoms with E-state index in [1.165, 1.54) is 5.56 Å². The molecule has 4 heteroatoms. The maximum atomic E-state index is 5.74. The first-order valence-corrected chi connectivity index (χ1v) is 6.00. The van der Waals surface area contributed by atoms with Crippen LogP contribution in [0.4, 0.5) is 5.95 Å². The van der Waals surface area contributed by atoms with E-state index in [1.54, 1.807) is 12.4 Å². The fourth-order valence-electron chi connectivity index (χ4n) is 1.98. The summed E-state index contributed by atoms with van der Waals surface area (Å²) < 4.78 is 0. The Morgan fingerprint density at radius 1 is 1.12 bits per heavy atom. The lowest BCUT2D eigenvalue weighted by Gasteiger charge is -2.03. The Bertz CT molecular complexity index is 498. The Kier molecular flexibility index (Phi) is 2.69. The van der Waals surface area contributed by atoms with E-state index >= 15 is 0 Å². The molecule has 1 heterocycles. The Balaban J connectivity index is 1.64. The molecule has 1 fully saturated rings. The monoisotopic (exact) mass is 245 g/mol. The van der Waals surface area contributed by atoms with Gasteiger partial charge in [0.05, 0.1) is 17.4 Å². The highest BCUT2D eigenvalue weighted by molar-refractivity contribution is 6.30. The normalized spacial score (nSPS) is 22.2. The maximum Gasteiger partial charge on any atom is 0.222 e. The van der Waals surface area contributed by atoms with Gasteiger partial charge in [-0.05, 0) is 12.0 Å². The highest BCUT2D eigenvalue weighted by Crippen LogP contribution is 2.42. The first kappa shape index (κ1) is 10.5. The fourth-order valence-corrected chi connectivity index (χ4v) is 2.07. The Morgan fingerprint density at radius 2 is 1.82 bits per heavy atom. The minimum Gasteiger partial charge on any atom is -0.351 e. The molecule has 0 amide bonds. The number of anilines is 1. The molecule has 17 heavy (non-hydrogen) atoms. The van der Waals surface area contributed by atoms with Gasteiger partial charge in [0.1, 0.15) is 0 Å². The maximum absolute atomic E-state index is 5.74. The number of nitrogens with one attached hydrogen (secondary N) is 1. The third kappa shape index (κ3) is 2.39. The zero-order valence-corrected chi connectivity index (χ0v) is 9.93. The summed E-state index contributed by atoms with van der Waals surface area (Å²) in [5.41, 5.74) is 1.37. The van der Waals surface area contributed by atoms with Crippen LogP contribution in [0.25, 0.3) is 0 Å². The van der Waals surface area contributed by atoms with Crippen LogP contribution in [0, 0.1) is 0 Å².